The van der Waals surface area contributed by atoms with Crippen molar-refractivity contribution >= 4 is 24.1 Å². The summed E-state index contributed by atoms with van der Waals surface area (Å²) in [5.74, 6) is 0.0504. The number of nitrogens with one attached hydrogen (secondary N) is 1. The summed E-state index contributed by atoms with van der Waals surface area (Å²) in [6.45, 7) is 1.37. The van der Waals surface area contributed by atoms with E-state index in [9.17, 15) is 9.59 Å². The Kier molecular flexibility index (Phi) is 3.77. The quantitative estimate of drug-likeness (QED) is 0.554. The highest BCUT2D eigenvalue weighted by Gasteiger charge is 2.33. The molecule has 27 heavy (non-hydrogen) atoms. The van der Waals surface area contributed by atoms with Crippen LogP contribution in [-0.2, 0) is 9.31 Å². The van der Waals surface area contributed by atoms with E-state index in [0.29, 0.717) is 30.2 Å². The molecular weight excluding hydrogens is 343 g/mol. The lowest BCUT2D eigenvalue weighted by molar-refractivity contribution is 0.0974. The van der Waals surface area contributed by atoms with Gasteiger partial charge in [-0.1, -0.05) is 48.5 Å². The Morgan fingerprint density at radius 3 is 2.26 bits per heavy atom. The smallest absolute Gasteiger partial charge is 0.407 e. The van der Waals surface area contributed by atoms with Crippen molar-refractivity contribution in [1.29, 1.82) is 0 Å². The summed E-state index contributed by atoms with van der Waals surface area (Å²) in [5, 5.41) is 0. The third-order valence-electron chi connectivity index (χ3n) is 4.85. The van der Waals surface area contributed by atoms with E-state index in [2.05, 4.69) is 9.97 Å². The summed E-state index contributed by atoms with van der Waals surface area (Å²) in [7, 11) is -0.352. The van der Waals surface area contributed by atoms with Gasteiger partial charge in [0.05, 0.1) is 0 Å². The number of benzene rings is 2. The molecular formula is C20H15BN2O4. The first-order valence-electron chi connectivity index (χ1n) is 8.84. The monoisotopic (exact) mass is 358 g/mol. The highest BCUT2D eigenvalue weighted by Crippen LogP contribution is 2.28. The predicted octanol–water partition coefficient (Wildman–Crippen LogP) is 1.98. The van der Waals surface area contributed by atoms with Crippen molar-refractivity contribution in [1.82, 2.24) is 9.97 Å². The third-order valence-corrected chi connectivity index (χ3v) is 4.85. The van der Waals surface area contributed by atoms with Crippen molar-refractivity contribution in [2.24, 2.45) is 0 Å². The van der Waals surface area contributed by atoms with Gasteiger partial charge in [0, 0.05) is 29.9 Å². The van der Waals surface area contributed by atoms with Crippen LogP contribution < -0.4 is 5.46 Å². The molecule has 6 nitrogen and oxygen atoms in total. The van der Waals surface area contributed by atoms with Crippen LogP contribution in [0.15, 0.2) is 48.5 Å². The molecule has 2 heterocycles. The predicted molar refractivity (Wildman–Crippen MR) is 99.2 cm³/mol. The fourth-order valence-electron chi connectivity index (χ4n) is 3.46. The van der Waals surface area contributed by atoms with Crippen molar-refractivity contribution < 1.29 is 18.9 Å². The number of hydrogen-bond donors (Lipinski definition) is 1. The Morgan fingerprint density at radius 1 is 0.889 bits per heavy atom. The van der Waals surface area contributed by atoms with Crippen LogP contribution in [0.3, 0.4) is 0 Å². The lowest BCUT2D eigenvalue weighted by Crippen LogP contribution is -2.40. The van der Waals surface area contributed by atoms with Crippen LogP contribution in [0.25, 0.3) is 11.4 Å². The highest BCUT2D eigenvalue weighted by molar-refractivity contribution is 6.61. The van der Waals surface area contributed by atoms with Crippen molar-refractivity contribution in [3.8, 4) is 11.4 Å². The second-order valence-electron chi connectivity index (χ2n) is 6.56. The number of aromatic nitrogens is 2. The molecule has 2 aliphatic rings. The molecule has 1 fully saturated rings. The molecule has 0 unspecified atom stereocenters. The van der Waals surface area contributed by atoms with E-state index in [-0.39, 0.29) is 30.1 Å². The number of H-pyrrole nitrogens is 1. The zero-order valence-electron chi connectivity index (χ0n) is 14.4. The molecule has 0 spiro atoms. The van der Waals surface area contributed by atoms with Crippen molar-refractivity contribution in [2.75, 3.05) is 13.2 Å². The number of imidazole rings is 1. The van der Waals surface area contributed by atoms with E-state index in [1.54, 1.807) is 24.3 Å². The maximum absolute atomic E-state index is 12.7. The molecule has 2 aromatic carbocycles. The van der Waals surface area contributed by atoms with E-state index < -0.39 is 0 Å². The summed E-state index contributed by atoms with van der Waals surface area (Å²) in [4.78, 5) is 32.8. The molecule has 1 aliphatic heterocycles. The van der Waals surface area contributed by atoms with Crippen LogP contribution >= 0.6 is 0 Å². The maximum Gasteiger partial charge on any atom is 0.493 e. The summed E-state index contributed by atoms with van der Waals surface area (Å²) < 4.78 is 11.2. The van der Waals surface area contributed by atoms with E-state index >= 15 is 0 Å². The van der Waals surface area contributed by atoms with Gasteiger partial charge >= 0.3 is 7.12 Å². The minimum absolute atomic E-state index is 0.178. The Bertz CT molecular complexity index is 1000. The second-order valence-corrected chi connectivity index (χ2v) is 6.56. The number of fused-ring (bicyclic) bond motifs is 2. The molecule has 1 aromatic heterocycles. The molecule has 1 N–H and O–H groups in total. The average molecular weight is 358 g/mol. The van der Waals surface area contributed by atoms with Crippen LogP contribution in [0.2, 0.25) is 0 Å². The topological polar surface area (TPSA) is 81.3 Å². The molecule has 5 rings (SSSR count). The van der Waals surface area contributed by atoms with Crippen LogP contribution in [0.4, 0.5) is 0 Å². The lowest BCUT2D eigenvalue weighted by atomic mass is 9.78. The van der Waals surface area contributed by atoms with E-state index in [1.165, 1.54) is 0 Å². The molecule has 0 amide bonds. The molecule has 1 aliphatic carbocycles. The standard InChI is InChI=1S/C20H15BN2O4/c24-18-14-4-1-2-5-15(14)19(25)17-16(18)22-20(23-17)12-6-8-13(9-7-12)21-26-10-3-11-27-21/h1-2,4-9H,3,10-11H2,(H,22,23). The number of aromatic amines is 1. The molecule has 0 bridgehead atoms. The Balaban J connectivity index is 1.49. The van der Waals surface area contributed by atoms with Gasteiger partial charge in [0.1, 0.15) is 17.2 Å². The molecule has 0 atom stereocenters. The van der Waals surface area contributed by atoms with Crippen LogP contribution in [0, 0.1) is 0 Å². The SMILES string of the molecule is O=C1c2ccccc2C(=O)c2[nH]c(-c3ccc(B4OCCCO4)cc3)nc21. The number of rotatable bonds is 2. The van der Waals surface area contributed by atoms with Crippen molar-refractivity contribution in [3.05, 3.63) is 71.0 Å². The highest BCUT2D eigenvalue weighted by atomic mass is 16.6. The maximum atomic E-state index is 12.7. The fourth-order valence-corrected chi connectivity index (χ4v) is 3.46. The van der Waals surface area contributed by atoms with Gasteiger partial charge in [0.25, 0.3) is 0 Å². The normalized spacial score (nSPS) is 16.2. The zero-order valence-corrected chi connectivity index (χ0v) is 14.4. The van der Waals surface area contributed by atoms with Gasteiger partial charge < -0.3 is 14.3 Å². The molecule has 1 saturated heterocycles. The fraction of sp³-hybridized carbons (Fsp3) is 0.150. The summed E-state index contributed by atoms with van der Waals surface area (Å²) in [6, 6.07) is 14.4. The number of carbonyl (C=O) groups excluding carboxylic acids is 2. The van der Waals surface area contributed by atoms with Gasteiger partial charge in [-0.05, 0) is 11.9 Å². The molecule has 0 radical (unpaired) electrons. The van der Waals surface area contributed by atoms with Gasteiger partial charge in [-0.15, -0.1) is 0 Å². The molecule has 7 heteroatoms. The number of hydrogen-bond acceptors (Lipinski definition) is 5. The van der Waals surface area contributed by atoms with Crippen molar-refractivity contribution in [2.45, 2.75) is 6.42 Å². The first-order valence-corrected chi connectivity index (χ1v) is 8.84. The molecule has 3 aromatic rings. The zero-order chi connectivity index (χ0) is 18.4. The number of nitrogens with zero attached hydrogens (tertiary/aromatic N) is 1. The minimum Gasteiger partial charge on any atom is -0.407 e. The molecule has 0 saturated carbocycles. The minimum atomic E-state index is -0.352. The number of carbonyl (C=O) groups is 2. The van der Waals surface area contributed by atoms with E-state index in [1.807, 2.05) is 24.3 Å². The third kappa shape index (κ3) is 2.63. The first kappa shape index (κ1) is 16.2. The van der Waals surface area contributed by atoms with Crippen LogP contribution in [-0.4, -0.2) is 41.9 Å². The lowest BCUT2D eigenvalue weighted by Gasteiger charge is -2.19. The largest absolute Gasteiger partial charge is 0.493 e. The van der Waals surface area contributed by atoms with Gasteiger partial charge in [0.2, 0.25) is 11.6 Å². The second kappa shape index (κ2) is 6.30. The number of ketones is 2. The van der Waals surface area contributed by atoms with Crippen LogP contribution in [0.1, 0.15) is 38.5 Å². The Labute approximate surface area is 155 Å². The van der Waals surface area contributed by atoms with Crippen molar-refractivity contribution in [3.63, 3.8) is 0 Å². The van der Waals surface area contributed by atoms with Gasteiger partial charge in [-0.25, -0.2) is 4.98 Å². The van der Waals surface area contributed by atoms with E-state index in [0.717, 1.165) is 17.4 Å². The summed E-state index contributed by atoms with van der Waals surface area (Å²) >= 11 is 0. The average Bonchev–Trinajstić information content (AvgIpc) is 3.19. The van der Waals surface area contributed by atoms with Gasteiger partial charge in [-0.3, -0.25) is 9.59 Å². The Hall–Kier alpha value is -3.03. The van der Waals surface area contributed by atoms with Gasteiger partial charge in [0.15, 0.2) is 0 Å². The summed E-state index contributed by atoms with van der Waals surface area (Å²) in [6.07, 6.45) is 0.900. The molecule has 132 valence electrons. The summed E-state index contributed by atoms with van der Waals surface area (Å²) in [5.41, 5.74) is 2.94. The first-order chi connectivity index (χ1) is 13.2. The van der Waals surface area contributed by atoms with Crippen LogP contribution in [0.5, 0.6) is 0 Å². The Morgan fingerprint density at radius 2 is 1.56 bits per heavy atom. The van der Waals surface area contributed by atoms with Gasteiger partial charge in [-0.2, -0.15) is 0 Å². The van der Waals surface area contributed by atoms with E-state index in [4.69, 9.17) is 9.31 Å².